The molecule has 0 saturated carbocycles. The molecule has 1 saturated heterocycles. The van der Waals surface area contributed by atoms with Gasteiger partial charge >= 0.3 is 6.03 Å². The Morgan fingerprint density at radius 3 is 2.60 bits per heavy atom. The van der Waals surface area contributed by atoms with E-state index in [1.165, 1.54) is 0 Å². The average molecular weight is 564 g/mol. The van der Waals surface area contributed by atoms with Crippen molar-refractivity contribution in [3.05, 3.63) is 82.2 Å². The van der Waals surface area contributed by atoms with Crippen molar-refractivity contribution in [3.63, 3.8) is 0 Å². The second kappa shape index (κ2) is 11.8. The molecule has 210 valence electrons. The van der Waals surface area contributed by atoms with Crippen molar-refractivity contribution in [1.29, 1.82) is 0 Å². The van der Waals surface area contributed by atoms with E-state index in [0.29, 0.717) is 31.2 Å². The second-order valence-electron chi connectivity index (χ2n) is 10.4. The number of aromatic nitrogens is 3. The molecule has 0 bridgehead atoms. The van der Waals surface area contributed by atoms with Crippen LogP contribution in [0.1, 0.15) is 54.0 Å². The highest BCUT2D eigenvalue weighted by molar-refractivity contribution is 6.30. The number of carbonyl (C=O) groups is 2. The first-order valence-corrected chi connectivity index (χ1v) is 13.8. The first kappa shape index (κ1) is 27.8. The summed E-state index contributed by atoms with van der Waals surface area (Å²) in [6, 6.07) is 8.94. The predicted molar refractivity (Wildman–Crippen MR) is 153 cm³/mol. The first-order chi connectivity index (χ1) is 19.3. The minimum absolute atomic E-state index is 0.0520. The van der Waals surface area contributed by atoms with Crippen molar-refractivity contribution in [2.75, 3.05) is 32.8 Å². The highest BCUT2D eigenvalue weighted by atomic mass is 35.5. The summed E-state index contributed by atoms with van der Waals surface area (Å²) in [5.74, 6) is -0.501. The van der Waals surface area contributed by atoms with Gasteiger partial charge in [-0.2, -0.15) is 0 Å². The number of imidazole rings is 1. The Labute approximate surface area is 238 Å². The summed E-state index contributed by atoms with van der Waals surface area (Å²) < 4.78 is 1.85. The third-order valence-electron chi connectivity index (χ3n) is 7.35. The van der Waals surface area contributed by atoms with E-state index in [-0.39, 0.29) is 18.1 Å². The van der Waals surface area contributed by atoms with Crippen molar-refractivity contribution in [2.24, 2.45) is 7.05 Å². The summed E-state index contributed by atoms with van der Waals surface area (Å²) in [6.45, 7) is 5.77. The number of nitrogens with one attached hydrogen (secondary N) is 2. The molecule has 0 radical (unpaired) electrons. The summed E-state index contributed by atoms with van der Waals surface area (Å²) in [7, 11) is 1.86. The SMILES string of the molecule is CC(C)NC(=O)N1CCN(C2c3ccc(Cl)cc3C(C(NC(=O)CO)c3cncn3C)=Cc3cccnc32)CC1. The smallest absolute Gasteiger partial charge is 0.317 e. The number of amides is 3. The largest absolute Gasteiger partial charge is 0.387 e. The number of hydrogen-bond acceptors (Lipinski definition) is 6. The number of fused-ring (bicyclic) bond motifs is 2. The van der Waals surface area contributed by atoms with E-state index in [1.807, 2.05) is 66.8 Å². The number of aryl methyl sites for hydroxylation is 1. The van der Waals surface area contributed by atoms with Crippen LogP contribution in [0.25, 0.3) is 11.6 Å². The summed E-state index contributed by atoms with van der Waals surface area (Å²) in [4.78, 5) is 38.5. The van der Waals surface area contributed by atoms with Crippen molar-refractivity contribution < 1.29 is 14.7 Å². The maximum absolute atomic E-state index is 12.7. The average Bonchev–Trinajstić information content (AvgIpc) is 3.31. The zero-order valence-corrected chi connectivity index (χ0v) is 23.6. The molecule has 5 rings (SSSR count). The van der Waals surface area contributed by atoms with Crippen LogP contribution in [-0.2, 0) is 11.8 Å². The molecule has 2 unspecified atom stereocenters. The van der Waals surface area contributed by atoms with Crippen LogP contribution in [0.4, 0.5) is 4.79 Å². The topological polar surface area (TPSA) is 116 Å². The normalized spacial score (nSPS) is 17.9. The van der Waals surface area contributed by atoms with E-state index in [0.717, 1.165) is 33.7 Å². The molecule has 40 heavy (non-hydrogen) atoms. The Bertz CT molecular complexity index is 1430. The van der Waals surface area contributed by atoms with E-state index in [9.17, 15) is 14.7 Å². The molecule has 1 fully saturated rings. The number of benzene rings is 1. The molecule has 2 atom stereocenters. The van der Waals surface area contributed by atoms with E-state index >= 15 is 0 Å². The summed E-state index contributed by atoms with van der Waals surface area (Å²) in [6.07, 6.45) is 7.22. The Hall–Kier alpha value is -3.73. The Balaban J connectivity index is 1.60. The minimum atomic E-state index is -0.639. The van der Waals surface area contributed by atoms with Crippen molar-refractivity contribution in [1.82, 2.24) is 35.0 Å². The Kier molecular flexibility index (Phi) is 8.20. The number of rotatable bonds is 6. The van der Waals surface area contributed by atoms with Gasteiger partial charge in [-0.25, -0.2) is 9.78 Å². The van der Waals surface area contributed by atoms with Crippen LogP contribution in [-0.4, -0.2) is 80.2 Å². The first-order valence-electron chi connectivity index (χ1n) is 13.4. The quantitative estimate of drug-likeness (QED) is 0.425. The third kappa shape index (κ3) is 5.60. The van der Waals surface area contributed by atoms with Gasteiger partial charge in [0.05, 0.1) is 36.0 Å². The maximum Gasteiger partial charge on any atom is 0.317 e. The van der Waals surface area contributed by atoms with Gasteiger partial charge in [0.1, 0.15) is 6.61 Å². The number of hydrogen-bond donors (Lipinski definition) is 3. The molecule has 1 aliphatic heterocycles. The van der Waals surface area contributed by atoms with Gasteiger partial charge in [-0.05, 0) is 60.4 Å². The van der Waals surface area contributed by atoms with E-state index in [4.69, 9.17) is 16.6 Å². The Morgan fingerprint density at radius 1 is 1.15 bits per heavy atom. The molecular weight excluding hydrogens is 530 g/mol. The lowest BCUT2D eigenvalue weighted by Gasteiger charge is -2.40. The van der Waals surface area contributed by atoms with Gasteiger partial charge < -0.3 is 25.2 Å². The van der Waals surface area contributed by atoms with Gasteiger partial charge in [-0.1, -0.05) is 23.7 Å². The summed E-state index contributed by atoms with van der Waals surface area (Å²) in [5.41, 5.74) is 5.25. The van der Waals surface area contributed by atoms with Crippen LogP contribution in [0, 0.1) is 0 Å². The molecule has 1 aliphatic carbocycles. The molecule has 2 aliphatic rings. The van der Waals surface area contributed by atoms with Gasteiger partial charge in [0.25, 0.3) is 0 Å². The van der Waals surface area contributed by atoms with Crippen molar-refractivity contribution in [3.8, 4) is 0 Å². The lowest BCUT2D eigenvalue weighted by atomic mass is 9.89. The number of aliphatic hydroxyl groups is 1. The van der Waals surface area contributed by atoms with Crippen LogP contribution >= 0.6 is 11.6 Å². The van der Waals surface area contributed by atoms with Crippen molar-refractivity contribution >= 4 is 35.2 Å². The number of aliphatic hydroxyl groups excluding tert-OH is 1. The standard InChI is InChI=1S/C29H34ClN7O3/c1-18(2)33-29(40)37-11-9-36(10-12-37)28-21-7-6-20(30)14-22(21)23(13-19-5-4-8-32-26(19)28)27(34-25(39)16-38)24-15-31-17-35(24)3/h4-8,13-15,17-18,27-28,38H,9-12,16H2,1-3H3,(H,33,40)(H,34,39). The lowest BCUT2D eigenvalue weighted by molar-refractivity contribution is -0.124. The molecule has 3 N–H and O–H groups in total. The predicted octanol–water partition coefficient (Wildman–Crippen LogP) is 3.00. The van der Waals surface area contributed by atoms with Gasteiger partial charge in [0.2, 0.25) is 5.91 Å². The number of piperazine rings is 1. The summed E-state index contributed by atoms with van der Waals surface area (Å²) in [5, 5.41) is 16.1. The van der Waals surface area contributed by atoms with Gasteiger partial charge in [0, 0.05) is 50.5 Å². The molecule has 11 heteroatoms. The van der Waals surface area contributed by atoms with Gasteiger partial charge in [-0.15, -0.1) is 0 Å². The fraction of sp³-hybridized carbons (Fsp3) is 0.379. The van der Waals surface area contributed by atoms with Gasteiger partial charge in [0.15, 0.2) is 0 Å². The van der Waals surface area contributed by atoms with Crippen LogP contribution < -0.4 is 10.6 Å². The number of carbonyl (C=O) groups excluding carboxylic acids is 2. The zero-order chi connectivity index (χ0) is 28.4. The maximum atomic E-state index is 12.7. The van der Waals surface area contributed by atoms with Crippen LogP contribution in [0.3, 0.4) is 0 Å². The lowest BCUT2D eigenvalue weighted by Crippen LogP contribution is -2.53. The zero-order valence-electron chi connectivity index (χ0n) is 22.8. The summed E-state index contributed by atoms with van der Waals surface area (Å²) >= 11 is 6.58. The van der Waals surface area contributed by atoms with E-state index < -0.39 is 18.6 Å². The fourth-order valence-electron chi connectivity index (χ4n) is 5.48. The van der Waals surface area contributed by atoms with E-state index in [1.54, 1.807) is 18.7 Å². The monoisotopic (exact) mass is 563 g/mol. The van der Waals surface area contributed by atoms with Gasteiger partial charge in [-0.3, -0.25) is 14.7 Å². The molecule has 3 aromatic rings. The van der Waals surface area contributed by atoms with E-state index in [2.05, 4.69) is 20.5 Å². The van der Waals surface area contributed by atoms with Crippen LogP contribution in [0.15, 0.2) is 49.1 Å². The molecule has 0 spiro atoms. The minimum Gasteiger partial charge on any atom is -0.387 e. The fourth-order valence-corrected chi connectivity index (χ4v) is 5.66. The van der Waals surface area contributed by atoms with Crippen LogP contribution in [0.2, 0.25) is 5.02 Å². The molecule has 10 nitrogen and oxygen atoms in total. The molecule has 1 aromatic carbocycles. The highest BCUT2D eigenvalue weighted by Gasteiger charge is 2.36. The number of pyridine rings is 1. The van der Waals surface area contributed by atoms with Crippen molar-refractivity contribution in [2.45, 2.75) is 32.0 Å². The Morgan fingerprint density at radius 2 is 1.93 bits per heavy atom. The molecule has 3 heterocycles. The molecule has 2 aromatic heterocycles. The second-order valence-corrected chi connectivity index (χ2v) is 10.9. The molecule has 3 amide bonds. The highest BCUT2D eigenvalue weighted by Crippen LogP contribution is 2.44. The third-order valence-corrected chi connectivity index (χ3v) is 7.59. The number of urea groups is 1. The number of halogens is 1. The van der Waals surface area contributed by atoms with Crippen LogP contribution in [0.5, 0.6) is 0 Å². The number of nitrogens with zero attached hydrogens (tertiary/aromatic N) is 5. The molecular formula is C29H34ClN7O3.